The third-order valence-corrected chi connectivity index (χ3v) is 3.96. The predicted molar refractivity (Wildman–Crippen MR) is 74.5 cm³/mol. The molecule has 7 heteroatoms. The number of likely N-dealkylation sites (tertiary alicyclic amines) is 1. The first-order valence-electron chi connectivity index (χ1n) is 7.21. The molecule has 0 radical (unpaired) electrons. The summed E-state index contributed by atoms with van der Waals surface area (Å²) in [6.07, 6.45) is 7.10. The molecule has 0 aliphatic carbocycles. The number of hydrogen-bond donors (Lipinski definition) is 0. The number of hydrogen-bond acceptors (Lipinski definition) is 5. The van der Waals surface area contributed by atoms with Crippen molar-refractivity contribution in [3.05, 3.63) is 30.4 Å². The molecule has 0 spiro atoms. The van der Waals surface area contributed by atoms with Gasteiger partial charge in [-0.1, -0.05) is 5.16 Å². The van der Waals surface area contributed by atoms with Crippen LogP contribution in [0.2, 0.25) is 0 Å². The average molecular weight is 289 g/mol. The first-order valence-corrected chi connectivity index (χ1v) is 7.21. The zero-order chi connectivity index (χ0) is 14.8. The van der Waals surface area contributed by atoms with Crippen LogP contribution in [0, 0.1) is 6.92 Å². The van der Waals surface area contributed by atoms with Gasteiger partial charge >= 0.3 is 0 Å². The van der Waals surface area contributed by atoms with Crippen LogP contribution in [-0.2, 0) is 4.79 Å². The van der Waals surface area contributed by atoms with Crippen LogP contribution in [0.1, 0.15) is 43.4 Å². The quantitative estimate of drug-likeness (QED) is 0.856. The van der Waals surface area contributed by atoms with Crippen LogP contribution in [0.25, 0.3) is 0 Å². The van der Waals surface area contributed by atoms with E-state index in [4.69, 9.17) is 4.52 Å². The smallest absolute Gasteiger partial charge is 0.245 e. The Kier molecular flexibility index (Phi) is 3.72. The lowest BCUT2D eigenvalue weighted by Crippen LogP contribution is -2.42. The second kappa shape index (κ2) is 5.67. The van der Waals surface area contributed by atoms with Crippen molar-refractivity contribution in [2.24, 2.45) is 0 Å². The van der Waals surface area contributed by atoms with Crippen LogP contribution < -0.4 is 0 Å². The third kappa shape index (κ3) is 2.81. The summed E-state index contributed by atoms with van der Waals surface area (Å²) < 4.78 is 7.07. The molecule has 2 aromatic rings. The molecule has 21 heavy (non-hydrogen) atoms. The Bertz CT molecular complexity index is 607. The normalized spacial score (nSPS) is 20.5. The van der Waals surface area contributed by atoms with Gasteiger partial charge in [0.05, 0.1) is 12.2 Å². The largest absolute Gasteiger partial charge is 0.340 e. The van der Waals surface area contributed by atoms with Crippen LogP contribution in [0.4, 0.5) is 0 Å². The van der Waals surface area contributed by atoms with Crippen molar-refractivity contribution in [1.82, 2.24) is 24.6 Å². The predicted octanol–water partition coefficient (Wildman–Crippen LogP) is 1.54. The molecule has 0 N–H and O–H groups in total. The molecule has 1 saturated heterocycles. The Morgan fingerprint density at radius 3 is 3.05 bits per heavy atom. The van der Waals surface area contributed by atoms with Gasteiger partial charge in [0.1, 0.15) is 6.04 Å². The standard InChI is InChI=1S/C14H19N5O2/c1-10(19-7-5-15-9-19)14(20)18-6-3-4-12(8-18)13-16-11(2)17-21-13/h5,7,9-10,12H,3-4,6,8H2,1-2H3/t10-,12+/m1/s1. The molecule has 112 valence electrons. The number of piperidine rings is 1. The van der Waals surface area contributed by atoms with Crippen molar-refractivity contribution in [2.75, 3.05) is 13.1 Å². The number of aromatic nitrogens is 4. The van der Waals surface area contributed by atoms with Crippen molar-refractivity contribution in [1.29, 1.82) is 0 Å². The van der Waals surface area contributed by atoms with Gasteiger partial charge in [-0.05, 0) is 26.7 Å². The van der Waals surface area contributed by atoms with Gasteiger partial charge < -0.3 is 14.0 Å². The highest BCUT2D eigenvalue weighted by Crippen LogP contribution is 2.27. The average Bonchev–Trinajstić information content (AvgIpc) is 3.17. The summed E-state index contributed by atoms with van der Waals surface area (Å²) in [7, 11) is 0. The van der Waals surface area contributed by atoms with E-state index in [9.17, 15) is 4.79 Å². The highest BCUT2D eigenvalue weighted by atomic mass is 16.5. The van der Waals surface area contributed by atoms with Crippen molar-refractivity contribution >= 4 is 5.91 Å². The fourth-order valence-electron chi connectivity index (χ4n) is 2.75. The van der Waals surface area contributed by atoms with E-state index in [1.165, 1.54) is 0 Å². The molecule has 2 atom stereocenters. The molecular formula is C14H19N5O2. The highest BCUT2D eigenvalue weighted by Gasteiger charge is 2.30. The van der Waals surface area contributed by atoms with E-state index in [1.807, 2.05) is 22.6 Å². The van der Waals surface area contributed by atoms with Crippen molar-refractivity contribution < 1.29 is 9.32 Å². The van der Waals surface area contributed by atoms with Crippen molar-refractivity contribution in [3.63, 3.8) is 0 Å². The van der Waals surface area contributed by atoms with Gasteiger partial charge in [-0.3, -0.25) is 4.79 Å². The lowest BCUT2D eigenvalue weighted by Gasteiger charge is -2.33. The Labute approximate surface area is 123 Å². The molecule has 1 aliphatic heterocycles. The summed E-state index contributed by atoms with van der Waals surface area (Å²) in [5, 5.41) is 3.84. The second-order valence-electron chi connectivity index (χ2n) is 5.49. The van der Waals surface area contributed by atoms with Gasteiger partial charge in [-0.25, -0.2) is 4.98 Å². The molecule has 0 saturated carbocycles. The number of amides is 1. The van der Waals surface area contributed by atoms with Gasteiger partial charge in [0.25, 0.3) is 0 Å². The minimum atomic E-state index is -0.240. The number of rotatable bonds is 3. The van der Waals surface area contributed by atoms with E-state index in [-0.39, 0.29) is 17.9 Å². The van der Waals surface area contributed by atoms with Crippen LogP contribution in [0.3, 0.4) is 0 Å². The van der Waals surface area contributed by atoms with E-state index in [0.29, 0.717) is 18.3 Å². The minimum absolute atomic E-state index is 0.105. The number of carbonyl (C=O) groups is 1. The lowest BCUT2D eigenvalue weighted by molar-refractivity contribution is -0.135. The van der Waals surface area contributed by atoms with E-state index in [0.717, 1.165) is 19.4 Å². The maximum Gasteiger partial charge on any atom is 0.245 e. The fourth-order valence-corrected chi connectivity index (χ4v) is 2.75. The molecule has 7 nitrogen and oxygen atoms in total. The van der Waals surface area contributed by atoms with Gasteiger partial charge in [0.15, 0.2) is 5.82 Å². The molecule has 1 fully saturated rings. The summed E-state index contributed by atoms with van der Waals surface area (Å²) in [6, 6.07) is -0.240. The number of aryl methyl sites for hydroxylation is 1. The number of nitrogens with zero attached hydrogens (tertiary/aromatic N) is 5. The maximum atomic E-state index is 12.6. The molecular weight excluding hydrogens is 270 g/mol. The molecule has 3 rings (SSSR count). The van der Waals surface area contributed by atoms with Gasteiger partial charge in [-0.15, -0.1) is 0 Å². The molecule has 0 aromatic carbocycles. The molecule has 1 aliphatic rings. The van der Waals surface area contributed by atoms with Crippen LogP contribution >= 0.6 is 0 Å². The Morgan fingerprint density at radius 2 is 2.38 bits per heavy atom. The summed E-state index contributed by atoms with van der Waals surface area (Å²) in [6.45, 7) is 5.12. The second-order valence-corrected chi connectivity index (χ2v) is 5.49. The van der Waals surface area contributed by atoms with Crippen LogP contribution in [-0.4, -0.2) is 43.6 Å². The van der Waals surface area contributed by atoms with E-state index >= 15 is 0 Å². The van der Waals surface area contributed by atoms with Crippen LogP contribution in [0.15, 0.2) is 23.2 Å². The SMILES string of the molecule is Cc1noc([C@H]2CCCN(C(=O)[C@@H](C)n3ccnc3)C2)n1. The first-order chi connectivity index (χ1) is 10.1. The molecule has 3 heterocycles. The van der Waals surface area contributed by atoms with Gasteiger partial charge in [0, 0.05) is 25.5 Å². The maximum absolute atomic E-state index is 12.6. The van der Waals surface area contributed by atoms with Crippen molar-refractivity contribution in [2.45, 2.75) is 38.6 Å². The molecule has 2 aromatic heterocycles. The Morgan fingerprint density at radius 1 is 1.52 bits per heavy atom. The van der Waals surface area contributed by atoms with E-state index in [2.05, 4.69) is 15.1 Å². The van der Waals surface area contributed by atoms with Crippen molar-refractivity contribution in [3.8, 4) is 0 Å². The van der Waals surface area contributed by atoms with Gasteiger partial charge in [-0.2, -0.15) is 4.98 Å². The van der Waals surface area contributed by atoms with Crippen LogP contribution in [0.5, 0.6) is 0 Å². The summed E-state index contributed by atoms with van der Waals surface area (Å²) in [4.78, 5) is 22.8. The van der Waals surface area contributed by atoms with E-state index in [1.54, 1.807) is 19.4 Å². The Balaban J connectivity index is 1.69. The Hall–Kier alpha value is -2.18. The monoisotopic (exact) mass is 289 g/mol. The molecule has 0 unspecified atom stereocenters. The number of imidazole rings is 1. The molecule has 0 bridgehead atoms. The summed E-state index contributed by atoms with van der Waals surface area (Å²) >= 11 is 0. The zero-order valence-corrected chi connectivity index (χ0v) is 12.3. The topological polar surface area (TPSA) is 77.0 Å². The van der Waals surface area contributed by atoms with Gasteiger partial charge in [0.2, 0.25) is 11.8 Å². The summed E-state index contributed by atoms with van der Waals surface area (Å²) in [5.41, 5.74) is 0. The summed E-state index contributed by atoms with van der Waals surface area (Å²) in [5.74, 6) is 1.52. The van der Waals surface area contributed by atoms with E-state index < -0.39 is 0 Å². The zero-order valence-electron chi connectivity index (χ0n) is 12.3. The third-order valence-electron chi connectivity index (χ3n) is 3.96. The molecule has 1 amide bonds. The number of carbonyl (C=O) groups excluding carboxylic acids is 1. The highest BCUT2D eigenvalue weighted by molar-refractivity contribution is 5.80. The first kappa shape index (κ1) is 13.8. The minimum Gasteiger partial charge on any atom is -0.340 e. The lowest BCUT2D eigenvalue weighted by atomic mass is 9.97. The fraction of sp³-hybridized carbons (Fsp3) is 0.571.